The minimum atomic E-state index is -3.84. The molecule has 1 aromatic carbocycles. The summed E-state index contributed by atoms with van der Waals surface area (Å²) in [6.45, 7) is 1.72. The van der Waals surface area contributed by atoms with Gasteiger partial charge in [0.05, 0.1) is 6.54 Å². The van der Waals surface area contributed by atoms with Crippen LogP contribution in [0.4, 0.5) is 4.39 Å². The third-order valence-corrected chi connectivity index (χ3v) is 7.31. The second-order valence-corrected chi connectivity index (χ2v) is 9.27. The molecule has 3 rings (SSSR count). The van der Waals surface area contributed by atoms with Gasteiger partial charge in [-0.05, 0) is 25.0 Å². The lowest BCUT2D eigenvalue weighted by molar-refractivity contribution is -0.123. The molecule has 0 spiro atoms. The van der Waals surface area contributed by atoms with Crippen molar-refractivity contribution in [1.29, 1.82) is 0 Å². The highest BCUT2D eigenvalue weighted by molar-refractivity contribution is 7.89. The maximum Gasteiger partial charge on any atom is 0.246 e. The lowest BCUT2D eigenvalue weighted by atomic mass is 10.1. The molecule has 1 saturated carbocycles. The minimum Gasteiger partial charge on any atom is -0.352 e. The molecule has 0 bridgehead atoms. The number of nitrogens with zero attached hydrogens (tertiary/aromatic N) is 2. The molecule has 6 nitrogen and oxygen atoms in total. The van der Waals surface area contributed by atoms with Crippen LogP contribution in [-0.4, -0.2) is 62.3 Å². The zero-order valence-electron chi connectivity index (χ0n) is 15.6. The predicted octanol–water partition coefficient (Wildman–Crippen LogP) is 1.97. The van der Waals surface area contributed by atoms with Gasteiger partial charge in [0.2, 0.25) is 15.9 Å². The van der Waals surface area contributed by atoms with E-state index in [9.17, 15) is 17.6 Å². The summed E-state index contributed by atoms with van der Waals surface area (Å²) in [4.78, 5) is 14.0. The first kappa shape index (κ1) is 20.2. The van der Waals surface area contributed by atoms with Crippen molar-refractivity contribution in [3.05, 3.63) is 30.1 Å². The van der Waals surface area contributed by atoms with Gasteiger partial charge in [-0.3, -0.25) is 9.69 Å². The molecule has 0 unspecified atom stereocenters. The van der Waals surface area contributed by atoms with Crippen molar-refractivity contribution in [2.75, 3.05) is 32.7 Å². The number of sulfonamides is 1. The second-order valence-electron chi connectivity index (χ2n) is 7.37. The van der Waals surface area contributed by atoms with Crippen LogP contribution < -0.4 is 5.32 Å². The molecule has 1 aromatic rings. The van der Waals surface area contributed by atoms with Crippen LogP contribution in [0.2, 0.25) is 0 Å². The van der Waals surface area contributed by atoms with Gasteiger partial charge in [0, 0.05) is 32.2 Å². The number of nitrogens with one attached hydrogen (secondary N) is 1. The molecule has 1 amide bonds. The Labute approximate surface area is 160 Å². The molecule has 0 aromatic heterocycles. The number of amides is 1. The summed E-state index contributed by atoms with van der Waals surface area (Å²) < 4.78 is 40.4. The fraction of sp³-hybridized carbons (Fsp3) is 0.632. The van der Waals surface area contributed by atoms with E-state index in [2.05, 4.69) is 5.32 Å². The van der Waals surface area contributed by atoms with Crippen molar-refractivity contribution in [1.82, 2.24) is 14.5 Å². The zero-order valence-corrected chi connectivity index (χ0v) is 16.4. The number of hydrogen-bond acceptors (Lipinski definition) is 4. The summed E-state index contributed by atoms with van der Waals surface area (Å²) in [6.07, 6.45) is 6.89. The van der Waals surface area contributed by atoms with Crippen LogP contribution in [0.15, 0.2) is 29.2 Å². The lowest BCUT2D eigenvalue weighted by Gasteiger charge is -2.33. The van der Waals surface area contributed by atoms with E-state index in [-0.39, 0.29) is 36.5 Å². The van der Waals surface area contributed by atoms with Gasteiger partial charge in [0.1, 0.15) is 10.7 Å². The molecule has 27 heavy (non-hydrogen) atoms. The molecule has 2 fully saturated rings. The van der Waals surface area contributed by atoms with Crippen molar-refractivity contribution >= 4 is 15.9 Å². The Morgan fingerprint density at radius 3 is 2.30 bits per heavy atom. The Bertz CT molecular complexity index is 740. The summed E-state index contributed by atoms with van der Waals surface area (Å²) >= 11 is 0. The standard InChI is InChI=1S/C19H28FN3O3S/c20-17-9-5-6-10-18(17)27(25,26)23-13-11-22(12-14-23)15-19(24)21-16-7-3-1-2-4-8-16/h5-6,9-10,16H,1-4,7-8,11-15H2,(H,21,24). The van der Waals surface area contributed by atoms with E-state index in [1.807, 2.05) is 4.90 Å². The smallest absolute Gasteiger partial charge is 0.246 e. The van der Waals surface area contributed by atoms with Gasteiger partial charge in [0.25, 0.3) is 0 Å². The first-order valence-electron chi connectivity index (χ1n) is 9.73. The van der Waals surface area contributed by atoms with Crippen molar-refractivity contribution in [2.45, 2.75) is 49.5 Å². The molecule has 1 aliphatic heterocycles. The van der Waals surface area contributed by atoms with E-state index in [0.717, 1.165) is 31.7 Å². The van der Waals surface area contributed by atoms with Crippen LogP contribution in [0.25, 0.3) is 0 Å². The third-order valence-electron chi connectivity index (χ3n) is 5.37. The summed E-state index contributed by atoms with van der Waals surface area (Å²) in [5, 5.41) is 3.12. The highest BCUT2D eigenvalue weighted by Gasteiger charge is 2.31. The fourth-order valence-electron chi connectivity index (χ4n) is 3.82. The van der Waals surface area contributed by atoms with Gasteiger partial charge in [-0.2, -0.15) is 4.31 Å². The minimum absolute atomic E-state index is 0.00677. The Hall–Kier alpha value is -1.51. The number of carbonyl (C=O) groups excluding carboxylic acids is 1. The van der Waals surface area contributed by atoms with E-state index >= 15 is 0 Å². The van der Waals surface area contributed by atoms with Gasteiger partial charge in [-0.25, -0.2) is 12.8 Å². The van der Waals surface area contributed by atoms with Crippen molar-refractivity contribution in [3.8, 4) is 0 Å². The van der Waals surface area contributed by atoms with E-state index in [1.54, 1.807) is 0 Å². The number of benzene rings is 1. The molecule has 8 heteroatoms. The number of hydrogen-bond donors (Lipinski definition) is 1. The van der Waals surface area contributed by atoms with Gasteiger partial charge in [-0.1, -0.05) is 37.8 Å². The van der Waals surface area contributed by atoms with Gasteiger partial charge >= 0.3 is 0 Å². The number of piperazine rings is 1. The first-order valence-corrected chi connectivity index (χ1v) is 11.2. The van der Waals surface area contributed by atoms with Gasteiger partial charge in [-0.15, -0.1) is 0 Å². The van der Waals surface area contributed by atoms with Crippen molar-refractivity contribution in [2.24, 2.45) is 0 Å². The van der Waals surface area contributed by atoms with E-state index < -0.39 is 15.8 Å². The molecule has 1 N–H and O–H groups in total. The molecule has 0 radical (unpaired) electrons. The Morgan fingerprint density at radius 2 is 1.67 bits per heavy atom. The Kier molecular flexibility index (Phi) is 6.83. The summed E-state index contributed by atoms with van der Waals surface area (Å²) in [6, 6.07) is 5.70. The normalized spacial score (nSPS) is 20.9. The Balaban J connectivity index is 1.50. The highest BCUT2D eigenvalue weighted by atomic mass is 32.2. The molecule has 2 aliphatic rings. The average Bonchev–Trinajstić information content (AvgIpc) is 2.91. The number of halogens is 1. The van der Waals surface area contributed by atoms with Crippen LogP contribution in [0.1, 0.15) is 38.5 Å². The zero-order chi connectivity index (χ0) is 19.3. The molecule has 1 aliphatic carbocycles. The maximum atomic E-state index is 13.9. The molecule has 1 saturated heterocycles. The first-order chi connectivity index (χ1) is 13.0. The van der Waals surface area contributed by atoms with E-state index in [4.69, 9.17) is 0 Å². The maximum absolute atomic E-state index is 13.9. The molecule has 1 heterocycles. The molecule has 150 valence electrons. The molecule has 0 atom stereocenters. The predicted molar refractivity (Wildman–Crippen MR) is 101 cm³/mol. The quantitative estimate of drug-likeness (QED) is 0.772. The van der Waals surface area contributed by atoms with E-state index in [1.165, 1.54) is 35.3 Å². The molecular weight excluding hydrogens is 369 g/mol. The lowest BCUT2D eigenvalue weighted by Crippen LogP contribution is -2.51. The van der Waals surface area contributed by atoms with Crippen LogP contribution in [-0.2, 0) is 14.8 Å². The number of carbonyl (C=O) groups is 1. The third kappa shape index (κ3) is 5.27. The van der Waals surface area contributed by atoms with Crippen molar-refractivity contribution in [3.63, 3.8) is 0 Å². The van der Waals surface area contributed by atoms with Gasteiger partial charge in [0.15, 0.2) is 0 Å². The van der Waals surface area contributed by atoms with E-state index in [0.29, 0.717) is 13.1 Å². The second kappa shape index (κ2) is 9.12. The monoisotopic (exact) mass is 397 g/mol. The van der Waals surface area contributed by atoms with Crippen LogP contribution in [0.3, 0.4) is 0 Å². The fourth-order valence-corrected chi connectivity index (χ4v) is 5.31. The molecular formula is C19H28FN3O3S. The summed E-state index contributed by atoms with van der Waals surface area (Å²) in [5.41, 5.74) is 0. The van der Waals surface area contributed by atoms with Crippen LogP contribution in [0, 0.1) is 5.82 Å². The van der Waals surface area contributed by atoms with Crippen LogP contribution in [0.5, 0.6) is 0 Å². The van der Waals surface area contributed by atoms with Gasteiger partial charge < -0.3 is 5.32 Å². The summed E-state index contributed by atoms with van der Waals surface area (Å²) in [5.74, 6) is -0.727. The Morgan fingerprint density at radius 1 is 1.04 bits per heavy atom. The largest absolute Gasteiger partial charge is 0.352 e. The van der Waals surface area contributed by atoms with Crippen LogP contribution >= 0.6 is 0 Å². The summed E-state index contributed by atoms with van der Waals surface area (Å²) in [7, 11) is -3.84. The van der Waals surface area contributed by atoms with Crippen molar-refractivity contribution < 1.29 is 17.6 Å². The number of rotatable bonds is 5. The SMILES string of the molecule is O=C(CN1CCN(S(=O)(=O)c2ccccc2F)CC1)NC1CCCCCC1. The highest BCUT2D eigenvalue weighted by Crippen LogP contribution is 2.20. The topological polar surface area (TPSA) is 69.7 Å². The average molecular weight is 398 g/mol.